The molecule has 0 N–H and O–H groups in total. The van der Waals surface area contributed by atoms with Gasteiger partial charge in [-0.05, 0) is 55.7 Å². The van der Waals surface area contributed by atoms with Gasteiger partial charge in [0.25, 0.3) is 0 Å². The van der Waals surface area contributed by atoms with Gasteiger partial charge in [-0.15, -0.1) is 10.2 Å². The van der Waals surface area contributed by atoms with Crippen LogP contribution >= 0.6 is 0 Å². The number of aromatic nitrogens is 2. The Labute approximate surface area is 146 Å². The van der Waals surface area contributed by atoms with Crippen molar-refractivity contribution in [1.82, 2.24) is 15.1 Å². The van der Waals surface area contributed by atoms with E-state index in [2.05, 4.69) is 15.1 Å². The molecule has 1 saturated carbocycles. The molecule has 1 amide bonds. The lowest BCUT2D eigenvalue weighted by molar-refractivity contribution is -0.132. The van der Waals surface area contributed by atoms with Crippen molar-refractivity contribution >= 4 is 11.7 Å². The Morgan fingerprint density at radius 1 is 0.960 bits per heavy atom. The number of anilines is 1. The summed E-state index contributed by atoms with van der Waals surface area (Å²) in [6.45, 7) is 3.23. The van der Waals surface area contributed by atoms with Crippen LogP contribution in [0.4, 0.5) is 10.2 Å². The summed E-state index contributed by atoms with van der Waals surface area (Å²) in [5.41, 5.74) is 1.57. The minimum Gasteiger partial charge on any atom is -0.353 e. The fourth-order valence-corrected chi connectivity index (χ4v) is 3.22. The second-order valence-electron chi connectivity index (χ2n) is 6.72. The van der Waals surface area contributed by atoms with Crippen LogP contribution in [0, 0.1) is 11.7 Å². The lowest BCUT2D eigenvalue weighted by Gasteiger charge is -2.22. The molecule has 0 bridgehead atoms. The average Bonchev–Trinajstić information content (AvgIpc) is 3.49. The summed E-state index contributed by atoms with van der Waals surface area (Å²) in [5, 5.41) is 8.62. The maximum Gasteiger partial charge on any atom is 0.225 e. The summed E-state index contributed by atoms with van der Waals surface area (Å²) in [4.78, 5) is 16.4. The highest BCUT2D eigenvalue weighted by Gasteiger charge is 2.34. The molecule has 1 aliphatic carbocycles. The third-order valence-electron chi connectivity index (χ3n) is 4.85. The van der Waals surface area contributed by atoms with Gasteiger partial charge in [-0.25, -0.2) is 4.39 Å². The number of carbonyl (C=O) groups excluding carboxylic acids is 1. The summed E-state index contributed by atoms with van der Waals surface area (Å²) in [6.07, 6.45) is 3.05. The first-order valence-electron chi connectivity index (χ1n) is 8.84. The van der Waals surface area contributed by atoms with E-state index in [0.29, 0.717) is 5.91 Å². The molecule has 2 heterocycles. The van der Waals surface area contributed by atoms with Crippen LogP contribution in [0.15, 0.2) is 36.4 Å². The zero-order valence-electron chi connectivity index (χ0n) is 14.1. The van der Waals surface area contributed by atoms with Crippen molar-refractivity contribution in [3.8, 4) is 11.3 Å². The molecule has 5 nitrogen and oxygen atoms in total. The second-order valence-corrected chi connectivity index (χ2v) is 6.72. The van der Waals surface area contributed by atoms with E-state index in [1.54, 1.807) is 12.1 Å². The van der Waals surface area contributed by atoms with E-state index in [1.165, 1.54) is 12.1 Å². The number of halogens is 1. The summed E-state index contributed by atoms with van der Waals surface area (Å²) in [5.74, 6) is 1.16. The monoisotopic (exact) mass is 340 g/mol. The first-order valence-corrected chi connectivity index (χ1v) is 8.84. The number of hydrogen-bond acceptors (Lipinski definition) is 4. The van der Waals surface area contributed by atoms with Gasteiger partial charge in [0.2, 0.25) is 5.91 Å². The highest BCUT2D eigenvalue weighted by molar-refractivity contribution is 5.81. The van der Waals surface area contributed by atoms with E-state index in [4.69, 9.17) is 0 Å². The Bertz CT molecular complexity index is 743. The van der Waals surface area contributed by atoms with E-state index in [0.717, 1.165) is 62.5 Å². The molecule has 130 valence electrons. The SMILES string of the molecule is O=C(C1CC1)N1CCCN(c2ccc(-c3ccc(F)cc3)nn2)CC1. The molecule has 1 aromatic heterocycles. The van der Waals surface area contributed by atoms with Crippen molar-refractivity contribution in [3.63, 3.8) is 0 Å². The summed E-state index contributed by atoms with van der Waals surface area (Å²) < 4.78 is 13.0. The maximum absolute atomic E-state index is 13.0. The molecular weight excluding hydrogens is 319 g/mol. The van der Waals surface area contributed by atoms with Gasteiger partial charge in [-0.1, -0.05) is 0 Å². The van der Waals surface area contributed by atoms with E-state index in [9.17, 15) is 9.18 Å². The van der Waals surface area contributed by atoms with Gasteiger partial charge in [-0.2, -0.15) is 0 Å². The molecule has 6 heteroatoms. The van der Waals surface area contributed by atoms with Crippen molar-refractivity contribution < 1.29 is 9.18 Å². The lowest BCUT2D eigenvalue weighted by atomic mass is 10.1. The largest absolute Gasteiger partial charge is 0.353 e. The van der Waals surface area contributed by atoms with Crippen LogP contribution in [0.3, 0.4) is 0 Å². The third-order valence-corrected chi connectivity index (χ3v) is 4.85. The van der Waals surface area contributed by atoms with Crippen LogP contribution in [0.5, 0.6) is 0 Å². The normalized spacial score (nSPS) is 18.1. The predicted molar refractivity (Wildman–Crippen MR) is 93.6 cm³/mol. The fraction of sp³-hybridized carbons (Fsp3) is 0.421. The van der Waals surface area contributed by atoms with Gasteiger partial charge in [-0.3, -0.25) is 4.79 Å². The molecule has 1 aliphatic heterocycles. The van der Waals surface area contributed by atoms with Crippen LogP contribution in [-0.2, 0) is 4.79 Å². The first kappa shape index (κ1) is 16.0. The summed E-state index contributed by atoms with van der Waals surface area (Å²) >= 11 is 0. The van der Waals surface area contributed by atoms with Crippen molar-refractivity contribution in [2.45, 2.75) is 19.3 Å². The van der Waals surface area contributed by atoms with Gasteiger partial charge < -0.3 is 9.80 Å². The predicted octanol–water partition coefficient (Wildman–Crippen LogP) is 2.73. The number of amides is 1. The van der Waals surface area contributed by atoms with Crippen molar-refractivity contribution in [3.05, 3.63) is 42.2 Å². The molecule has 0 atom stereocenters. The van der Waals surface area contributed by atoms with Crippen molar-refractivity contribution in [1.29, 1.82) is 0 Å². The Kier molecular flexibility index (Phi) is 4.34. The van der Waals surface area contributed by atoms with Crippen LogP contribution < -0.4 is 4.90 Å². The van der Waals surface area contributed by atoms with E-state index < -0.39 is 0 Å². The van der Waals surface area contributed by atoms with Crippen molar-refractivity contribution in [2.24, 2.45) is 5.92 Å². The van der Waals surface area contributed by atoms with Crippen LogP contribution in [0.2, 0.25) is 0 Å². The van der Waals surface area contributed by atoms with Crippen LogP contribution in [0.25, 0.3) is 11.3 Å². The molecule has 4 rings (SSSR count). The third kappa shape index (κ3) is 3.62. The number of rotatable bonds is 3. The zero-order chi connectivity index (χ0) is 17.2. The van der Waals surface area contributed by atoms with Gasteiger partial charge in [0.1, 0.15) is 5.82 Å². The molecule has 1 aromatic carbocycles. The second kappa shape index (κ2) is 6.78. The van der Waals surface area contributed by atoms with E-state index in [-0.39, 0.29) is 11.7 Å². The minimum atomic E-state index is -0.261. The molecular formula is C19H21FN4O. The summed E-state index contributed by atoms with van der Waals surface area (Å²) in [6, 6.07) is 10.1. The molecule has 2 aromatic rings. The number of benzene rings is 1. The minimum absolute atomic E-state index is 0.261. The van der Waals surface area contributed by atoms with E-state index >= 15 is 0 Å². The van der Waals surface area contributed by atoms with Gasteiger partial charge in [0, 0.05) is 37.7 Å². The first-order chi connectivity index (χ1) is 12.2. The Balaban J connectivity index is 1.43. The molecule has 0 unspecified atom stereocenters. The van der Waals surface area contributed by atoms with Crippen LogP contribution in [-0.4, -0.2) is 47.2 Å². The lowest BCUT2D eigenvalue weighted by Crippen LogP contribution is -2.36. The zero-order valence-corrected chi connectivity index (χ0v) is 14.1. The number of hydrogen-bond donors (Lipinski definition) is 0. The molecule has 25 heavy (non-hydrogen) atoms. The standard InChI is InChI=1S/C19H21FN4O/c20-16-6-4-14(5-7-16)17-8-9-18(22-21-17)23-10-1-11-24(13-12-23)19(25)15-2-3-15/h4-9,15H,1-3,10-13H2. The topological polar surface area (TPSA) is 49.3 Å². The quantitative estimate of drug-likeness (QED) is 0.862. The molecule has 2 fully saturated rings. The summed E-state index contributed by atoms with van der Waals surface area (Å²) in [7, 11) is 0. The van der Waals surface area contributed by atoms with Crippen LogP contribution in [0.1, 0.15) is 19.3 Å². The van der Waals surface area contributed by atoms with Gasteiger partial charge in [0.05, 0.1) is 5.69 Å². The number of nitrogens with zero attached hydrogens (tertiary/aromatic N) is 4. The molecule has 2 aliphatic rings. The molecule has 1 saturated heterocycles. The highest BCUT2D eigenvalue weighted by Crippen LogP contribution is 2.31. The maximum atomic E-state index is 13.0. The van der Waals surface area contributed by atoms with Crippen molar-refractivity contribution in [2.75, 3.05) is 31.1 Å². The fourth-order valence-electron chi connectivity index (χ4n) is 3.22. The molecule has 0 spiro atoms. The van der Waals surface area contributed by atoms with Gasteiger partial charge in [0.15, 0.2) is 5.82 Å². The average molecular weight is 340 g/mol. The highest BCUT2D eigenvalue weighted by atomic mass is 19.1. The van der Waals surface area contributed by atoms with E-state index in [1.807, 2.05) is 17.0 Å². The molecule has 0 radical (unpaired) electrons. The number of carbonyl (C=O) groups is 1. The van der Waals surface area contributed by atoms with Gasteiger partial charge >= 0.3 is 0 Å². The Morgan fingerprint density at radius 3 is 2.44 bits per heavy atom. The smallest absolute Gasteiger partial charge is 0.225 e. The Hall–Kier alpha value is -2.50. The Morgan fingerprint density at radius 2 is 1.76 bits per heavy atom.